The van der Waals surface area contributed by atoms with Crippen LogP contribution in [0.1, 0.15) is 12.8 Å². The van der Waals surface area contributed by atoms with E-state index >= 15 is 0 Å². The number of furan rings is 1. The Balaban J connectivity index is 1.87. The molecule has 2 aromatic rings. The van der Waals surface area contributed by atoms with Gasteiger partial charge < -0.3 is 14.4 Å². The van der Waals surface area contributed by atoms with Crippen molar-refractivity contribution in [1.82, 2.24) is 4.98 Å². The van der Waals surface area contributed by atoms with E-state index in [0.717, 1.165) is 42.7 Å². The first-order valence-electron chi connectivity index (χ1n) is 6.06. The summed E-state index contributed by atoms with van der Waals surface area (Å²) in [5, 5.41) is 10.1. The lowest BCUT2D eigenvalue weighted by Crippen LogP contribution is -2.21. The van der Waals surface area contributed by atoms with Gasteiger partial charge in [-0.3, -0.25) is 0 Å². The molecule has 1 atom stereocenters. The SMILES string of the molecule is OCCC1CCN(c2nccc3occc23)C1. The van der Waals surface area contributed by atoms with Crippen molar-refractivity contribution in [2.75, 3.05) is 24.6 Å². The molecule has 1 saturated heterocycles. The molecule has 0 amide bonds. The van der Waals surface area contributed by atoms with Crippen LogP contribution in [-0.2, 0) is 0 Å². The minimum absolute atomic E-state index is 0.280. The molecule has 1 aliphatic heterocycles. The molecule has 3 heterocycles. The summed E-state index contributed by atoms with van der Waals surface area (Å²) in [4.78, 5) is 6.75. The van der Waals surface area contributed by atoms with Gasteiger partial charge in [-0.05, 0) is 30.9 Å². The lowest BCUT2D eigenvalue weighted by atomic mass is 10.1. The van der Waals surface area contributed by atoms with E-state index in [1.54, 1.807) is 12.5 Å². The fraction of sp³-hybridized carbons (Fsp3) is 0.462. The third kappa shape index (κ3) is 1.89. The number of fused-ring (bicyclic) bond motifs is 1. The Labute approximate surface area is 99.9 Å². The number of aliphatic hydroxyl groups excluding tert-OH is 1. The van der Waals surface area contributed by atoms with Crippen molar-refractivity contribution in [1.29, 1.82) is 0 Å². The van der Waals surface area contributed by atoms with Gasteiger partial charge in [-0.25, -0.2) is 4.98 Å². The molecule has 4 heteroatoms. The maximum absolute atomic E-state index is 8.97. The summed E-state index contributed by atoms with van der Waals surface area (Å²) in [6.07, 6.45) is 5.52. The first kappa shape index (κ1) is 10.6. The van der Waals surface area contributed by atoms with E-state index < -0.39 is 0 Å². The number of nitrogens with zero attached hydrogens (tertiary/aromatic N) is 2. The highest BCUT2D eigenvalue weighted by Gasteiger charge is 2.24. The molecular formula is C13H16N2O2. The molecule has 0 radical (unpaired) electrons. The van der Waals surface area contributed by atoms with Crippen molar-refractivity contribution in [3.8, 4) is 0 Å². The number of hydrogen-bond acceptors (Lipinski definition) is 4. The summed E-state index contributed by atoms with van der Waals surface area (Å²) >= 11 is 0. The van der Waals surface area contributed by atoms with Crippen LogP contribution in [0.3, 0.4) is 0 Å². The van der Waals surface area contributed by atoms with E-state index in [9.17, 15) is 0 Å². The van der Waals surface area contributed by atoms with Gasteiger partial charge in [0.1, 0.15) is 11.4 Å². The molecule has 1 N–H and O–H groups in total. The van der Waals surface area contributed by atoms with Crippen molar-refractivity contribution in [2.45, 2.75) is 12.8 Å². The second kappa shape index (κ2) is 4.37. The Morgan fingerprint density at radius 2 is 2.41 bits per heavy atom. The number of anilines is 1. The molecule has 0 spiro atoms. The first-order chi connectivity index (χ1) is 8.38. The molecule has 0 saturated carbocycles. The first-order valence-corrected chi connectivity index (χ1v) is 6.06. The molecule has 0 aromatic carbocycles. The van der Waals surface area contributed by atoms with Crippen LogP contribution < -0.4 is 4.90 Å². The maximum Gasteiger partial charge on any atom is 0.139 e. The standard InChI is InChI=1S/C13H16N2O2/c16-7-3-10-2-6-15(9-10)13-11-4-8-17-12(11)1-5-14-13/h1,4-5,8,10,16H,2-3,6-7,9H2. The van der Waals surface area contributed by atoms with Crippen LogP contribution in [0.4, 0.5) is 5.82 Å². The zero-order valence-electron chi connectivity index (χ0n) is 9.67. The number of aromatic nitrogens is 1. The highest BCUT2D eigenvalue weighted by atomic mass is 16.3. The van der Waals surface area contributed by atoms with Crippen LogP contribution in [-0.4, -0.2) is 29.8 Å². The quantitative estimate of drug-likeness (QED) is 0.879. The number of rotatable bonds is 3. The minimum atomic E-state index is 0.280. The summed E-state index contributed by atoms with van der Waals surface area (Å²) in [5.41, 5.74) is 0.889. The molecule has 1 aliphatic rings. The molecule has 4 nitrogen and oxygen atoms in total. The summed E-state index contributed by atoms with van der Waals surface area (Å²) in [6, 6.07) is 3.86. The predicted octanol–water partition coefficient (Wildman–Crippen LogP) is 2.04. The summed E-state index contributed by atoms with van der Waals surface area (Å²) in [5.74, 6) is 1.60. The molecule has 0 bridgehead atoms. The van der Waals surface area contributed by atoms with E-state index in [4.69, 9.17) is 9.52 Å². The van der Waals surface area contributed by atoms with Gasteiger partial charge in [-0.2, -0.15) is 0 Å². The predicted molar refractivity (Wildman–Crippen MR) is 66.0 cm³/mol. The molecule has 17 heavy (non-hydrogen) atoms. The largest absolute Gasteiger partial charge is 0.464 e. The summed E-state index contributed by atoms with van der Waals surface area (Å²) in [6.45, 7) is 2.28. The minimum Gasteiger partial charge on any atom is -0.464 e. The molecule has 90 valence electrons. The second-order valence-electron chi connectivity index (χ2n) is 4.58. The van der Waals surface area contributed by atoms with Crippen LogP contribution in [0.15, 0.2) is 29.0 Å². The molecule has 3 rings (SSSR count). The molecule has 1 unspecified atom stereocenters. The fourth-order valence-electron chi connectivity index (χ4n) is 2.58. The summed E-state index contributed by atoms with van der Waals surface area (Å²) < 4.78 is 5.39. The maximum atomic E-state index is 8.97. The van der Waals surface area contributed by atoms with Gasteiger partial charge in [0.2, 0.25) is 0 Å². The zero-order chi connectivity index (χ0) is 11.7. The van der Waals surface area contributed by atoms with Gasteiger partial charge in [-0.15, -0.1) is 0 Å². The van der Waals surface area contributed by atoms with Crippen molar-refractivity contribution in [3.63, 3.8) is 0 Å². The highest BCUT2D eigenvalue weighted by molar-refractivity contribution is 5.88. The van der Waals surface area contributed by atoms with E-state index in [1.165, 1.54) is 0 Å². The average molecular weight is 232 g/mol. The lowest BCUT2D eigenvalue weighted by molar-refractivity contribution is 0.263. The van der Waals surface area contributed by atoms with E-state index in [0.29, 0.717) is 5.92 Å². The van der Waals surface area contributed by atoms with Gasteiger partial charge in [0.15, 0.2) is 0 Å². The molecular weight excluding hydrogens is 216 g/mol. The van der Waals surface area contributed by atoms with Crippen molar-refractivity contribution < 1.29 is 9.52 Å². The van der Waals surface area contributed by atoms with Gasteiger partial charge in [0, 0.05) is 25.9 Å². The van der Waals surface area contributed by atoms with Crippen LogP contribution >= 0.6 is 0 Å². The van der Waals surface area contributed by atoms with Crippen LogP contribution in [0.5, 0.6) is 0 Å². The van der Waals surface area contributed by atoms with Crippen LogP contribution in [0.25, 0.3) is 11.0 Å². The second-order valence-corrected chi connectivity index (χ2v) is 4.58. The Bertz CT molecular complexity index is 509. The Kier molecular flexibility index (Phi) is 2.73. The van der Waals surface area contributed by atoms with Crippen molar-refractivity contribution in [2.24, 2.45) is 5.92 Å². The normalized spacial score (nSPS) is 20.3. The van der Waals surface area contributed by atoms with E-state index in [1.807, 2.05) is 12.1 Å². The average Bonchev–Trinajstić information content (AvgIpc) is 2.96. The number of aliphatic hydroxyl groups is 1. The smallest absolute Gasteiger partial charge is 0.139 e. The molecule has 0 aliphatic carbocycles. The van der Waals surface area contributed by atoms with Crippen LogP contribution in [0.2, 0.25) is 0 Å². The van der Waals surface area contributed by atoms with Crippen molar-refractivity contribution >= 4 is 16.8 Å². The van der Waals surface area contributed by atoms with Crippen LogP contribution in [0, 0.1) is 5.92 Å². The molecule has 1 fully saturated rings. The van der Waals surface area contributed by atoms with Gasteiger partial charge >= 0.3 is 0 Å². The number of hydrogen-bond donors (Lipinski definition) is 1. The summed E-state index contributed by atoms with van der Waals surface area (Å²) in [7, 11) is 0. The third-order valence-electron chi connectivity index (χ3n) is 3.48. The van der Waals surface area contributed by atoms with E-state index in [2.05, 4.69) is 9.88 Å². The lowest BCUT2D eigenvalue weighted by Gasteiger charge is -2.17. The Morgan fingerprint density at radius 3 is 3.29 bits per heavy atom. The van der Waals surface area contributed by atoms with Gasteiger partial charge in [-0.1, -0.05) is 0 Å². The zero-order valence-corrected chi connectivity index (χ0v) is 9.67. The third-order valence-corrected chi connectivity index (χ3v) is 3.48. The fourth-order valence-corrected chi connectivity index (χ4v) is 2.58. The van der Waals surface area contributed by atoms with E-state index in [-0.39, 0.29) is 6.61 Å². The van der Waals surface area contributed by atoms with Gasteiger partial charge in [0.25, 0.3) is 0 Å². The Hall–Kier alpha value is -1.55. The molecule has 2 aromatic heterocycles. The van der Waals surface area contributed by atoms with Crippen molar-refractivity contribution in [3.05, 3.63) is 24.6 Å². The monoisotopic (exact) mass is 232 g/mol. The van der Waals surface area contributed by atoms with Gasteiger partial charge in [0.05, 0.1) is 11.6 Å². The Morgan fingerprint density at radius 1 is 1.47 bits per heavy atom. The number of pyridine rings is 1. The highest BCUT2D eigenvalue weighted by Crippen LogP contribution is 2.30. The topological polar surface area (TPSA) is 49.5 Å².